The van der Waals surface area contributed by atoms with Gasteiger partial charge in [0.15, 0.2) is 0 Å². The van der Waals surface area contributed by atoms with Gasteiger partial charge < -0.3 is 5.84 Å². The molecule has 0 amide bonds. The first-order valence-electron chi connectivity index (χ1n) is 4.66. The number of rotatable bonds is 1. The number of aromatic nitrogens is 2. The number of fused-ring (bicyclic) bond motifs is 1. The molecule has 16 heavy (non-hydrogen) atoms. The summed E-state index contributed by atoms with van der Waals surface area (Å²) in [5.74, 6) is 2.03. The summed E-state index contributed by atoms with van der Waals surface area (Å²) in [5.41, 5.74) is -5.15. The van der Waals surface area contributed by atoms with Crippen molar-refractivity contribution in [3.05, 3.63) is 17.0 Å². The number of alkyl halides is 4. The molecule has 3 nitrogen and oxygen atoms in total. The third-order valence-corrected chi connectivity index (χ3v) is 2.87. The minimum atomic E-state index is -3.49. The Labute approximate surface area is 91.2 Å². The highest BCUT2D eigenvalue weighted by atomic mass is 31.0. The number of hydrogen-bond acceptors (Lipinski definition) is 2. The van der Waals surface area contributed by atoms with Gasteiger partial charge in [0.1, 0.15) is 5.69 Å². The highest BCUT2D eigenvalue weighted by Crippen LogP contribution is 2.47. The Balaban J connectivity index is 2.66. The van der Waals surface area contributed by atoms with Gasteiger partial charge in [-0.05, 0) is 12.8 Å². The fraction of sp³-hybridized carbons (Fsp3) is 0.625. The molecule has 0 fully saturated rings. The fourth-order valence-corrected chi connectivity index (χ4v) is 2.13. The summed E-state index contributed by atoms with van der Waals surface area (Å²) in [6, 6.07) is 0. The van der Waals surface area contributed by atoms with Crippen molar-refractivity contribution >= 4 is 9.24 Å². The van der Waals surface area contributed by atoms with Crippen LogP contribution in [0.3, 0.4) is 0 Å². The van der Waals surface area contributed by atoms with E-state index in [1.54, 1.807) is 0 Å². The molecule has 1 heterocycles. The topological polar surface area (TPSA) is 43.8 Å². The van der Waals surface area contributed by atoms with Crippen LogP contribution in [0.4, 0.5) is 17.6 Å². The van der Waals surface area contributed by atoms with Gasteiger partial charge >= 0.3 is 5.66 Å². The van der Waals surface area contributed by atoms with E-state index < -0.39 is 29.3 Å². The zero-order valence-electron chi connectivity index (χ0n) is 8.18. The molecule has 1 aromatic rings. The molecule has 8 heteroatoms. The van der Waals surface area contributed by atoms with Crippen molar-refractivity contribution in [1.29, 1.82) is 0 Å². The van der Waals surface area contributed by atoms with Gasteiger partial charge in [-0.1, -0.05) is 9.24 Å². The number of nitrogen functional groups attached to an aromatic ring is 1. The summed E-state index contributed by atoms with van der Waals surface area (Å²) in [6.07, 6.45) is 0.0133. The van der Waals surface area contributed by atoms with Gasteiger partial charge in [-0.25, -0.2) is 8.78 Å². The Morgan fingerprint density at radius 3 is 2.62 bits per heavy atom. The predicted molar refractivity (Wildman–Crippen MR) is 52.8 cm³/mol. The normalized spacial score (nSPS) is 19.6. The van der Waals surface area contributed by atoms with E-state index in [1.807, 2.05) is 0 Å². The summed E-state index contributed by atoms with van der Waals surface area (Å²) in [4.78, 5) is 0.635. The Bertz CT molecular complexity index is 424. The zero-order valence-corrected chi connectivity index (χ0v) is 9.34. The van der Waals surface area contributed by atoms with E-state index in [0.29, 0.717) is 4.79 Å². The van der Waals surface area contributed by atoms with Gasteiger partial charge in [-0.15, -0.1) is 0 Å². The molecule has 0 radical (unpaired) electrons. The van der Waals surface area contributed by atoms with Gasteiger partial charge in [-0.2, -0.15) is 18.7 Å². The van der Waals surface area contributed by atoms with Crippen LogP contribution < -0.4 is 5.84 Å². The highest BCUT2D eigenvalue weighted by Gasteiger charge is 2.47. The van der Waals surface area contributed by atoms with E-state index in [1.165, 1.54) is 9.24 Å². The second-order valence-electron chi connectivity index (χ2n) is 3.80. The van der Waals surface area contributed by atoms with Crippen LogP contribution in [-0.2, 0) is 18.0 Å². The molecule has 0 saturated carbocycles. The quantitative estimate of drug-likeness (QED) is 0.473. The lowest BCUT2D eigenvalue weighted by atomic mass is 9.92. The molecule has 1 unspecified atom stereocenters. The lowest BCUT2D eigenvalue weighted by Crippen LogP contribution is -2.25. The minimum absolute atomic E-state index is 0.00613. The van der Waals surface area contributed by atoms with Crippen molar-refractivity contribution in [1.82, 2.24) is 9.89 Å². The van der Waals surface area contributed by atoms with Crippen LogP contribution >= 0.6 is 9.24 Å². The molecule has 2 N–H and O–H groups in total. The molecule has 0 aliphatic heterocycles. The second-order valence-corrected chi connectivity index (χ2v) is 4.52. The van der Waals surface area contributed by atoms with E-state index in [4.69, 9.17) is 5.84 Å². The first-order chi connectivity index (χ1) is 7.23. The second kappa shape index (κ2) is 3.32. The molecule has 0 bridgehead atoms. The van der Waals surface area contributed by atoms with E-state index in [0.717, 1.165) is 0 Å². The van der Waals surface area contributed by atoms with Gasteiger partial charge in [0.25, 0.3) is 5.92 Å². The van der Waals surface area contributed by atoms with Crippen LogP contribution in [0, 0.1) is 0 Å². The van der Waals surface area contributed by atoms with Gasteiger partial charge in [-0.3, -0.25) is 0 Å². The van der Waals surface area contributed by atoms with Crippen molar-refractivity contribution in [2.45, 2.75) is 30.8 Å². The van der Waals surface area contributed by atoms with Crippen molar-refractivity contribution in [2.24, 2.45) is 0 Å². The van der Waals surface area contributed by atoms with Crippen LogP contribution in [0.5, 0.6) is 0 Å². The SMILES string of the molecule is Nn1nc(C(F)(F)P)c2c1CCCC2(F)F. The average molecular weight is 255 g/mol. The lowest BCUT2D eigenvalue weighted by Gasteiger charge is -2.23. The molecular formula is C8H10F4N3P. The molecule has 1 aliphatic carbocycles. The van der Waals surface area contributed by atoms with Crippen LogP contribution in [0.2, 0.25) is 0 Å². The molecule has 0 aromatic carbocycles. The standard InChI is InChI=1S/C8H10F4N3P/c9-7(10)3-1-2-4-5(7)6(8(11,12)16)14-15(4)13/h1-3,13,16H2. The van der Waals surface area contributed by atoms with Crippen molar-refractivity contribution < 1.29 is 17.6 Å². The largest absolute Gasteiger partial charge is 0.323 e. The van der Waals surface area contributed by atoms with Crippen LogP contribution in [0.25, 0.3) is 0 Å². The first kappa shape index (κ1) is 11.6. The molecule has 2 rings (SSSR count). The van der Waals surface area contributed by atoms with E-state index in [9.17, 15) is 17.6 Å². The Morgan fingerprint density at radius 2 is 2.06 bits per heavy atom. The number of nitrogens with two attached hydrogens (primary N) is 1. The maximum Gasteiger partial charge on any atom is 0.302 e. The average Bonchev–Trinajstić information content (AvgIpc) is 2.44. The van der Waals surface area contributed by atoms with Crippen LogP contribution in [-0.4, -0.2) is 9.89 Å². The first-order valence-corrected chi connectivity index (χ1v) is 5.23. The minimum Gasteiger partial charge on any atom is -0.323 e. The van der Waals surface area contributed by atoms with Gasteiger partial charge in [0.2, 0.25) is 0 Å². The van der Waals surface area contributed by atoms with Crippen LogP contribution in [0.1, 0.15) is 29.8 Å². The maximum absolute atomic E-state index is 13.5. The van der Waals surface area contributed by atoms with Crippen molar-refractivity contribution in [2.75, 3.05) is 5.84 Å². The van der Waals surface area contributed by atoms with E-state index in [-0.39, 0.29) is 18.5 Å². The third-order valence-electron chi connectivity index (χ3n) is 2.60. The molecule has 1 atom stereocenters. The zero-order chi connectivity index (χ0) is 12.1. The van der Waals surface area contributed by atoms with Crippen molar-refractivity contribution in [3.63, 3.8) is 0 Å². The Hall–Kier alpha value is -0.840. The molecule has 90 valence electrons. The van der Waals surface area contributed by atoms with E-state index >= 15 is 0 Å². The molecule has 0 spiro atoms. The lowest BCUT2D eigenvalue weighted by molar-refractivity contribution is -0.0273. The predicted octanol–water partition coefficient (Wildman–Crippen LogP) is 1.95. The fourth-order valence-electron chi connectivity index (χ4n) is 1.93. The number of hydrogen-bond donors (Lipinski definition) is 1. The van der Waals surface area contributed by atoms with Gasteiger partial charge in [0.05, 0.1) is 11.3 Å². The smallest absolute Gasteiger partial charge is 0.302 e. The Kier molecular flexibility index (Phi) is 2.42. The summed E-state index contributed by atoms with van der Waals surface area (Å²) in [7, 11) is 1.20. The van der Waals surface area contributed by atoms with Crippen molar-refractivity contribution in [3.8, 4) is 0 Å². The van der Waals surface area contributed by atoms with Gasteiger partial charge in [0, 0.05) is 6.42 Å². The summed E-state index contributed by atoms with van der Waals surface area (Å²) >= 11 is 0. The molecule has 1 aromatic heterocycles. The Morgan fingerprint density at radius 1 is 1.44 bits per heavy atom. The third kappa shape index (κ3) is 1.67. The molecule has 0 saturated heterocycles. The summed E-state index contributed by atoms with van der Waals surface area (Å²) in [6.45, 7) is 0. The summed E-state index contributed by atoms with van der Waals surface area (Å²) in [5, 5.41) is 3.30. The highest BCUT2D eigenvalue weighted by molar-refractivity contribution is 7.17. The number of nitrogens with zero attached hydrogens (tertiary/aromatic N) is 2. The van der Waals surface area contributed by atoms with Crippen LogP contribution in [0.15, 0.2) is 0 Å². The summed E-state index contributed by atoms with van der Waals surface area (Å²) < 4.78 is 53.3. The maximum atomic E-state index is 13.5. The molecular weight excluding hydrogens is 245 g/mol. The van der Waals surface area contributed by atoms with E-state index in [2.05, 4.69) is 5.10 Å². The monoisotopic (exact) mass is 255 g/mol. The number of halogens is 4. The molecule has 1 aliphatic rings.